The Hall–Kier alpha value is -2.50. The molecule has 4 N–H and O–H groups in total. The number of nitrogens with zero attached hydrogens (tertiary/aromatic N) is 1. The summed E-state index contributed by atoms with van der Waals surface area (Å²) in [7, 11) is 1.60. The van der Waals surface area contributed by atoms with Crippen LogP contribution in [-0.4, -0.2) is 30.5 Å². The van der Waals surface area contributed by atoms with Crippen LogP contribution < -0.4 is 15.8 Å². The largest absolute Gasteiger partial charge is 0.495 e. The van der Waals surface area contributed by atoms with Gasteiger partial charge in [0.1, 0.15) is 11.4 Å². The highest BCUT2D eigenvalue weighted by atomic mass is 16.5. The molecule has 0 aliphatic heterocycles. The summed E-state index contributed by atoms with van der Waals surface area (Å²) in [6.07, 6.45) is 0.874. The normalized spacial score (nSPS) is 11.7. The van der Waals surface area contributed by atoms with Gasteiger partial charge in [0.15, 0.2) is 5.96 Å². The summed E-state index contributed by atoms with van der Waals surface area (Å²) in [5, 5.41) is 3.51. The van der Waals surface area contributed by atoms with Gasteiger partial charge in [-0.1, -0.05) is 13.0 Å². The summed E-state index contributed by atoms with van der Waals surface area (Å²) in [4.78, 5) is 19.3. The number of guanidine groups is 1. The molecule has 0 atom stereocenters. The van der Waals surface area contributed by atoms with Crippen molar-refractivity contribution >= 4 is 22.8 Å². The van der Waals surface area contributed by atoms with Gasteiger partial charge in [0.2, 0.25) is 0 Å². The number of aryl methyl sites for hydroxylation is 1. The van der Waals surface area contributed by atoms with Crippen molar-refractivity contribution in [1.29, 1.82) is 0 Å². The molecule has 112 valence electrons. The fourth-order valence-electron chi connectivity index (χ4n) is 2.08. The van der Waals surface area contributed by atoms with E-state index in [2.05, 4.69) is 15.3 Å². The standard InChI is InChI=1S/C15H20N4O2/c1-4-7-17-15(16)19-14(20)11-8-10-9(2)5-6-12(21-3)13(10)18-11/h5-6,8,18H,4,7H2,1-3H3,(H3,16,17,19,20). The van der Waals surface area contributed by atoms with Crippen LogP contribution in [0.3, 0.4) is 0 Å². The Labute approximate surface area is 123 Å². The Morgan fingerprint density at radius 1 is 1.48 bits per heavy atom. The van der Waals surface area contributed by atoms with Crippen LogP contribution in [0, 0.1) is 6.92 Å². The molecule has 1 aromatic carbocycles. The molecule has 0 aliphatic rings. The first-order valence-corrected chi connectivity index (χ1v) is 6.84. The zero-order valence-electron chi connectivity index (χ0n) is 12.5. The fourth-order valence-corrected chi connectivity index (χ4v) is 2.08. The lowest BCUT2D eigenvalue weighted by atomic mass is 10.1. The van der Waals surface area contributed by atoms with Crippen LogP contribution in [0.15, 0.2) is 23.2 Å². The van der Waals surface area contributed by atoms with E-state index in [-0.39, 0.29) is 11.9 Å². The van der Waals surface area contributed by atoms with Crippen molar-refractivity contribution in [3.05, 3.63) is 29.5 Å². The first kappa shape index (κ1) is 14.9. The Kier molecular flexibility index (Phi) is 4.47. The molecule has 6 heteroatoms. The number of fused-ring (bicyclic) bond motifs is 1. The first-order valence-electron chi connectivity index (χ1n) is 6.84. The Morgan fingerprint density at radius 2 is 2.24 bits per heavy atom. The van der Waals surface area contributed by atoms with Crippen molar-refractivity contribution in [2.24, 2.45) is 10.7 Å². The van der Waals surface area contributed by atoms with E-state index < -0.39 is 0 Å². The molecule has 0 radical (unpaired) electrons. The van der Waals surface area contributed by atoms with Crippen molar-refractivity contribution in [2.75, 3.05) is 13.7 Å². The number of nitrogens with one attached hydrogen (secondary N) is 2. The van der Waals surface area contributed by atoms with Crippen LogP contribution in [0.4, 0.5) is 0 Å². The summed E-state index contributed by atoms with van der Waals surface area (Å²) >= 11 is 0. The average molecular weight is 288 g/mol. The highest BCUT2D eigenvalue weighted by Gasteiger charge is 2.14. The number of hydrogen-bond donors (Lipinski definition) is 3. The quantitative estimate of drug-likeness (QED) is 0.593. The molecule has 1 aromatic heterocycles. The molecule has 0 saturated carbocycles. The number of carbonyl (C=O) groups excluding carboxylic acids is 1. The third-order valence-corrected chi connectivity index (χ3v) is 3.19. The van der Waals surface area contributed by atoms with E-state index in [0.29, 0.717) is 18.0 Å². The summed E-state index contributed by atoms with van der Waals surface area (Å²) in [6.45, 7) is 4.56. The van der Waals surface area contributed by atoms with E-state index in [1.165, 1.54) is 0 Å². The van der Waals surface area contributed by atoms with Gasteiger partial charge in [0, 0.05) is 11.9 Å². The van der Waals surface area contributed by atoms with Gasteiger partial charge in [-0.15, -0.1) is 0 Å². The Bertz CT molecular complexity index is 688. The molecule has 0 aliphatic carbocycles. The summed E-state index contributed by atoms with van der Waals surface area (Å²) < 4.78 is 5.30. The monoisotopic (exact) mass is 288 g/mol. The maximum Gasteiger partial charge on any atom is 0.274 e. The second kappa shape index (κ2) is 6.30. The highest BCUT2D eigenvalue weighted by molar-refractivity contribution is 6.07. The summed E-state index contributed by atoms with van der Waals surface area (Å²) in [5.74, 6) is 0.511. The minimum atomic E-state index is -0.315. The van der Waals surface area contributed by atoms with Gasteiger partial charge in [0.05, 0.1) is 12.6 Å². The van der Waals surface area contributed by atoms with Crippen LogP contribution in [0.1, 0.15) is 29.4 Å². The zero-order valence-corrected chi connectivity index (χ0v) is 12.5. The Morgan fingerprint density at radius 3 is 2.90 bits per heavy atom. The molecule has 0 bridgehead atoms. The molecule has 1 heterocycles. The lowest BCUT2D eigenvalue weighted by Crippen LogP contribution is -2.37. The van der Waals surface area contributed by atoms with E-state index in [0.717, 1.165) is 22.9 Å². The van der Waals surface area contributed by atoms with Gasteiger partial charge >= 0.3 is 0 Å². The van der Waals surface area contributed by atoms with E-state index in [1.54, 1.807) is 13.2 Å². The maximum atomic E-state index is 12.2. The second-order valence-corrected chi connectivity index (χ2v) is 4.78. The predicted octanol–water partition coefficient (Wildman–Crippen LogP) is 1.94. The molecule has 0 saturated heterocycles. The third kappa shape index (κ3) is 3.16. The number of methoxy groups -OCH3 is 1. The number of aromatic nitrogens is 1. The lowest BCUT2D eigenvalue weighted by Gasteiger charge is -2.03. The number of ether oxygens (including phenoxy) is 1. The van der Waals surface area contributed by atoms with Crippen molar-refractivity contribution in [3.63, 3.8) is 0 Å². The third-order valence-electron chi connectivity index (χ3n) is 3.19. The number of H-pyrrole nitrogens is 1. The molecule has 0 unspecified atom stereocenters. The van der Waals surface area contributed by atoms with Gasteiger partial charge in [0.25, 0.3) is 5.91 Å². The van der Waals surface area contributed by atoms with Crippen molar-refractivity contribution in [3.8, 4) is 5.75 Å². The molecule has 0 spiro atoms. The van der Waals surface area contributed by atoms with E-state index in [4.69, 9.17) is 10.5 Å². The average Bonchev–Trinajstić information content (AvgIpc) is 2.92. The van der Waals surface area contributed by atoms with Crippen LogP contribution in [-0.2, 0) is 0 Å². The second-order valence-electron chi connectivity index (χ2n) is 4.78. The highest BCUT2D eigenvalue weighted by Crippen LogP contribution is 2.28. The van der Waals surface area contributed by atoms with Crippen LogP contribution in [0.2, 0.25) is 0 Å². The van der Waals surface area contributed by atoms with E-state index in [1.807, 2.05) is 26.0 Å². The minimum Gasteiger partial charge on any atom is -0.495 e. The number of benzene rings is 1. The predicted molar refractivity (Wildman–Crippen MR) is 83.8 cm³/mol. The maximum absolute atomic E-state index is 12.2. The van der Waals surface area contributed by atoms with Gasteiger partial charge in [-0.25, -0.2) is 0 Å². The number of amides is 1. The van der Waals surface area contributed by atoms with Gasteiger partial charge in [-0.05, 0) is 31.0 Å². The fraction of sp³-hybridized carbons (Fsp3) is 0.333. The topological polar surface area (TPSA) is 92.5 Å². The molecule has 6 nitrogen and oxygen atoms in total. The number of nitrogens with two attached hydrogens (primary N) is 1. The number of aliphatic imine (C=N–C) groups is 1. The first-order chi connectivity index (χ1) is 10.1. The van der Waals surface area contributed by atoms with Crippen LogP contribution in [0.5, 0.6) is 5.75 Å². The molecule has 2 rings (SSSR count). The number of carbonyl (C=O) groups is 1. The zero-order chi connectivity index (χ0) is 15.4. The summed E-state index contributed by atoms with van der Waals surface area (Å²) in [5.41, 5.74) is 7.94. The molecular weight excluding hydrogens is 268 g/mol. The van der Waals surface area contributed by atoms with Crippen molar-refractivity contribution < 1.29 is 9.53 Å². The molecule has 0 fully saturated rings. The SMILES string of the molecule is CCCN=C(N)NC(=O)c1cc2c(C)ccc(OC)c2[nH]1. The van der Waals surface area contributed by atoms with Crippen LogP contribution in [0.25, 0.3) is 10.9 Å². The molecule has 1 amide bonds. The van der Waals surface area contributed by atoms with Gasteiger partial charge in [-0.3, -0.25) is 15.1 Å². The van der Waals surface area contributed by atoms with E-state index >= 15 is 0 Å². The van der Waals surface area contributed by atoms with Gasteiger partial charge < -0.3 is 15.5 Å². The van der Waals surface area contributed by atoms with Crippen molar-refractivity contribution in [2.45, 2.75) is 20.3 Å². The number of rotatable bonds is 4. The van der Waals surface area contributed by atoms with Crippen LogP contribution >= 0.6 is 0 Å². The molecule has 2 aromatic rings. The smallest absolute Gasteiger partial charge is 0.274 e. The number of aromatic amines is 1. The molecule has 21 heavy (non-hydrogen) atoms. The minimum absolute atomic E-state index is 0.129. The Balaban J connectivity index is 2.30. The summed E-state index contributed by atoms with van der Waals surface area (Å²) in [6, 6.07) is 5.61. The lowest BCUT2D eigenvalue weighted by molar-refractivity contribution is 0.0972. The van der Waals surface area contributed by atoms with Crippen molar-refractivity contribution in [1.82, 2.24) is 10.3 Å². The van der Waals surface area contributed by atoms with E-state index in [9.17, 15) is 4.79 Å². The van der Waals surface area contributed by atoms with Gasteiger partial charge in [-0.2, -0.15) is 0 Å². The number of hydrogen-bond acceptors (Lipinski definition) is 3. The molecular formula is C15H20N4O2.